The number of benzene rings is 1. The Bertz CT molecular complexity index is 511. The fourth-order valence-corrected chi connectivity index (χ4v) is 1.65. The molecule has 18 heavy (non-hydrogen) atoms. The van der Waals surface area contributed by atoms with E-state index in [0.717, 1.165) is 11.1 Å². The van der Waals surface area contributed by atoms with Crippen LogP contribution in [0, 0.1) is 0 Å². The zero-order valence-electron chi connectivity index (χ0n) is 9.03. The summed E-state index contributed by atoms with van der Waals surface area (Å²) in [6.45, 7) is -0.123. The quantitative estimate of drug-likeness (QED) is 0.851. The molecular weight excluding hydrogens is 249 g/mol. The molecule has 0 aliphatic carbocycles. The minimum absolute atomic E-state index is 0.00646. The number of nitrogens with one attached hydrogen (secondary N) is 1. The van der Waals surface area contributed by atoms with Gasteiger partial charge in [-0.25, -0.2) is 4.79 Å². The first-order chi connectivity index (χ1) is 8.39. The molecule has 2 rings (SSSR count). The summed E-state index contributed by atoms with van der Waals surface area (Å²) in [6, 6.07) is 4.99. The van der Waals surface area contributed by atoms with Gasteiger partial charge >= 0.3 is 12.1 Å². The first-order valence-electron chi connectivity index (χ1n) is 5.02. The van der Waals surface area contributed by atoms with E-state index in [4.69, 9.17) is 5.11 Å². The number of carboxylic acids is 1. The summed E-state index contributed by atoms with van der Waals surface area (Å²) in [4.78, 5) is 10.7. The summed E-state index contributed by atoms with van der Waals surface area (Å²) in [5.74, 6) is -1.16. The number of carboxylic acid groups (broad SMARTS) is 1. The van der Waals surface area contributed by atoms with Gasteiger partial charge in [0, 0.05) is 6.20 Å². The van der Waals surface area contributed by atoms with Gasteiger partial charge in [-0.05, 0) is 12.1 Å². The Morgan fingerprint density at radius 2 is 2.00 bits per heavy atom. The predicted molar refractivity (Wildman–Crippen MR) is 57.6 cm³/mol. The highest BCUT2D eigenvalue weighted by Gasteiger charge is 2.35. The van der Waals surface area contributed by atoms with Crippen molar-refractivity contribution in [3.05, 3.63) is 41.6 Å². The lowest BCUT2D eigenvalue weighted by atomic mass is 10.1. The van der Waals surface area contributed by atoms with E-state index >= 15 is 0 Å². The number of alkyl halides is 3. The molecule has 0 unspecified atom stereocenters. The number of nitrogens with zero attached hydrogens (tertiary/aromatic N) is 1. The third kappa shape index (κ3) is 2.24. The molecule has 0 radical (unpaired) electrons. The van der Waals surface area contributed by atoms with Crippen molar-refractivity contribution in [1.29, 1.82) is 0 Å². The lowest BCUT2D eigenvalue weighted by molar-refractivity contribution is -0.137. The summed E-state index contributed by atoms with van der Waals surface area (Å²) in [5.41, 5.74) is 1.61. The summed E-state index contributed by atoms with van der Waals surface area (Å²) in [5, 5.41) is 9.90. The van der Waals surface area contributed by atoms with Crippen LogP contribution in [0.5, 0.6) is 0 Å². The molecule has 0 saturated heterocycles. The number of hydrazine groups is 1. The van der Waals surface area contributed by atoms with Crippen molar-refractivity contribution in [1.82, 2.24) is 5.43 Å². The Morgan fingerprint density at radius 3 is 2.56 bits per heavy atom. The van der Waals surface area contributed by atoms with Gasteiger partial charge in [-0.15, -0.1) is 0 Å². The zero-order chi connectivity index (χ0) is 13.3. The third-order valence-corrected chi connectivity index (χ3v) is 2.50. The number of halogens is 3. The van der Waals surface area contributed by atoms with Crippen LogP contribution < -0.4 is 10.4 Å². The van der Waals surface area contributed by atoms with E-state index in [-0.39, 0.29) is 17.8 Å². The Hall–Kier alpha value is -2.18. The van der Waals surface area contributed by atoms with E-state index in [1.165, 1.54) is 24.4 Å². The minimum Gasteiger partial charge on any atom is -0.478 e. The van der Waals surface area contributed by atoms with Crippen LogP contribution in [0.2, 0.25) is 0 Å². The SMILES string of the molecule is O=C(O)C1=CNN(c2ccccc2C(F)(F)F)C1. The van der Waals surface area contributed by atoms with E-state index in [2.05, 4.69) is 5.43 Å². The van der Waals surface area contributed by atoms with E-state index in [9.17, 15) is 18.0 Å². The van der Waals surface area contributed by atoms with Gasteiger partial charge in [0.25, 0.3) is 0 Å². The second-order valence-electron chi connectivity index (χ2n) is 3.70. The summed E-state index contributed by atoms with van der Waals surface area (Å²) in [6.07, 6.45) is -3.31. The van der Waals surface area contributed by atoms with Crippen molar-refractivity contribution in [2.24, 2.45) is 0 Å². The van der Waals surface area contributed by atoms with Gasteiger partial charge < -0.3 is 10.5 Å². The molecular formula is C11H9F3N2O2. The highest BCUT2D eigenvalue weighted by Crippen LogP contribution is 2.36. The van der Waals surface area contributed by atoms with Gasteiger partial charge in [0.15, 0.2) is 0 Å². The Kier molecular flexibility index (Phi) is 2.90. The Balaban J connectivity index is 2.29. The number of carbonyl (C=O) groups is 1. The van der Waals surface area contributed by atoms with E-state index < -0.39 is 17.7 Å². The third-order valence-electron chi connectivity index (χ3n) is 2.50. The van der Waals surface area contributed by atoms with Crippen LogP contribution in [0.4, 0.5) is 18.9 Å². The number of rotatable bonds is 2. The molecule has 1 aromatic rings. The van der Waals surface area contributed by atoms with Crippen LogP contribution in [-0.4, -0.2) is 17.6 Å². The maximum absolute atomic E-state index is 12.8. The van der Waals surface area contributed by atoms with Crippen LogP contribution >= 0.6 is 0 Å². The van der Waals surface area contributed by atoms with E-state index in [1.54, 1.807) is 0 Å². The van der Waals surface area contributed by atoms with Gasteiger partial charge in [-0.2, -0.15) is 13.2 Å². The highest BCUT2D eigenvalue weighted by molar-refractivity contribution is 5.88. The molecule has 2 N–H and O–H groups in total. The molecule has 0 fully saturated rings. The number of para-hydroxylation sites is 1. The summed E-state index contributed by atoms with van der Waals surface area (Å²) < 4.78 is 38.3. The molecule has 1 aliphatic rings. The van der Waals surface area contributed by atoms with Gasteiger partial charge in [-0.1, -0.05) is 12.1 Å². The van der Waals surface area contributed by atoms with Crippen molar-refractivity contribution in [2.45, 2.75) is 6.18 Å². The maximum Gasteiger partial charge on any atom is 0.418 e. The van der Waals surface area contributed by atoms with Crippen LogP contribution in [0.1, 0.15) is 5.56 Å². The monoisotopic (exact) mass is 258 g/mol. The average Bonchev–Trinajstić information content (AvgIpc) is 2.77. The molecule has 1 aromatic carbocycles. The smallest absolute Gasteiger partial charge is 0.418 e. The lowest BCUT2D eigenvalue weighted by Gasteiger charge is -2.22. The number of hydrogen-bond acceptors (Lipinski definition) is 3. The molecule has 4 nitrogen and oxygen atoms in total. The van der Waals surface area contributed by atoms with Gasteiger partial charge in [0.05, 0.1) is 23.4 Å². The van der Waals surface area contributed by atoms with Crippen LogP contribution in [0.3, 0.4) is 0 Å². The lowest BCUT2D eigenvalue weighted by Crippen LogP contribution is -2.32. The van der Waals surface area contributed by atoms with Crippen LogP contribution in [-0.2, 0) is 11.0 Å². The molecule has 0 atom stereocenters. The first kappa shape index (κ1) is 12.3. The number of anilines is 1. The zero-order valence-corrected chi connectivity index (χ0v) is 9.03. The largest absolute Gasteiger partial charge is 0.478 e. The topological polar surface area (TPSA) is 52.6 Å². The van der Waals surface area contributed by atoms with Crippen molar-refractivity contribution in [3.63, 3.8) is 0 Å². The highest BCUT2D eigenvalue weighted by atomic mass is 19.4. The molecule has 0 aromatic heterocycles. The van der Waals surface area contributed by atoms with Gasteiger partial charge in [0.1, 0.15) is 0 Å². The van der Waals surface area contributed by atoms with E-state index in [0.29, 0.717) is 0 Å². The van der Waals surface area contributed by atoms with Crippen molar-refractivity contribution in [3.8, 4) is 0 Å². The molecule has 1 heterocycles. The minimum atomic E-state index is -4.48. The molecule has 1 aliphatic heterocycles. The molecule has 96 valence electrons. The maximum atomic E-state index is 12.8. The fraction of sp³-hybridized carbons (Fsp3) is 0.182. The number of aliphatic carboxylic acids is 1. The van der Waals surface area contributed by atoms with E-state index in [1.807, 2.05) is 0 Å². The number of hydrogen-bond donors (Lipinski definition) is 2. The predicted octanol–water partition coefficient (Wildman–Crippen LogP) is 2.00. The average molecular weight is 258 g/mol. The van der Waals surface area contributed by atoms with Crippen molar-refractivity contribution in [2.75, 3.05) is 11.6 Å². The normalized spacial score (nSPS) is 15.3. The van der Waals surface area contributed by atoms with Crippen molar-refractivity contribution < 1.29 is 23.1 Å². The molecule has 7 heteroatoms. The second-order valence-corrected chi connectivity index (χ2v) is 3.70. The molecule has 0 amide bonds. The van der Waals surface area contributed by atoms with Gasteiger partial charge in [0.2, 0.25) is 0 Å². The molecule has 0 spiro atoms. The van der Waals surface area contributed by atoms with Crippen LogP contribution in [0.15, 0.2) is 36.0 Å². The Morgan fingerprint density at radius 1 is 1.33 bits per heavy atom. The standard InChI is InChI=1S/C11H9F3N2O2/c12-11(13,14)8-3-1-2-4-9(8)16-6-7(5-15-16)10(17)18/h1-5,15H,6H2,(H,17,18). The summed E-state index contributed by atoms with van der Waals surface area (Å²) in [7, 11) is 0. The Labute approximate surface area is 100 Å². The first-order valence-corrected chi connectivity index (χ1v) is 5.02. The van der Waals surface area contributed by atoms with Gasteiger partial charge in [-0.3, -0.25) is 5.01 Å². The molecule has 0 saturated carbocycles. The fourth-order valence-electron chi connectivity index (χ4n) is 1.65. The van der Waals surface area contributed by atoms with Crippen molar-refractivity contribution >= 4 is 11.7 Å². The molecule has 0 bridgehead atoms. The van der Waals surface area contributed by atoms with Crippen LogP contribution in [0.25, 0.3) is 0 Å². The second kappa shape index (κ2) is 4.25. The summed E-state index contributed by atoms with van der Waals surface area (Å²) >= 11 is 0.